The van der Waals surface area contributed by atoms with Gasteiger partial charge in [0.2, 0.25) is 5.88 Å². The summed E-state index contributed by atoms with van der Waals surface area (Å²) in [5, 5.41) is 10.1. The Morgan fingerprint density at radius 1 is 1.00 bits per heavy atom. The zero-order valence-corrected chi connectivity index (χ0v) is 14.4. The van der Waals surface area contributed by atoms with Gasteiger partial charge in [0.15, 0.2) is 0 Å². The van der Waals surface area contributed by atoms with E-state index in [0.29, 0.717) is 5.69 Å². The van der Waals surface area contributed by atoms with Crippen LogP contribution >= 0.6 is 0 Å². The molecule has 130 valence electrons. The summed E-state index contributed by atoms with van der Waals surface area (Å²) < 4.78 is 1.96. The molecule has 6 heteroatoms. The topological polar surface area (TPSA) is 76.6 Å². The first-order chi connectivity index (χ1) is 12.5. The van der Waals surface area contributed by atoms with Crippen molar-refractivity contribution in [2.24, 2.45) is 19.1 Å². The average Bonchev–Trinajstić information content (AvgIpc) is 3.03. The minimum absolute atomic E-state index is 0.0181. The van der Waals surface area contributed by atoms with Gasteiger partial charge in [-0.1, -0.05) is 30.3 Å². The number of aromatic hydroxyl groups is 1. The number of aromatic nitrogens is 2. The van der Waals surface area contributed by atoms with Crippen molar-refractivity contribution in [3.05, 3.63) is 80.0 Å². The number of hydrogen-bond acceptors (Lipinski definition) is 4. The van der Waals surface area contributed by atoms with Gasteiger partial charge in [-0.2, -0.15) is 0 Å². The van der Waals surface area contributed by atoms with Gasteiger partial charge < -0.3 is 5.11 Å². The average molecular weight is 347 g/mol. The van der Waals surface area contributed by atoms with Gasteiger partial charge in [-0.3, -0.25) is 18.9 Å². The van der Waals surface area contributed by atoms with E-state index in [0.717, 1.165) is 21.1 Å². The molecule has 1 aliphatic carbocycles. The maximum atomic E-state index is 12.2. The van der Waals surface area contributed by atoms with Crippen molar-refractivity contribution in [1.82, 2.24) is 9.13 Å². The van der Waals surface area contributed by atoms with Crippen molar-refractivity contribution < 1.29 is 5.11 Å². The van der Waals surface area contributed by atoms with Crippen LogP contribution in [0.4, 0.5) is 5.69 Å². The maximum Gasteiger partial charge on any atom is 0.333 e. The van der Waals surface area contributed by atoms with Crippen LogP contribution in [0.3, 0.4) is 0 Å². The predicted octanol–water partition coefficient (Wildman–Crippen LogP) is 2.11. The smallest absolute Gasteiger partial charge is 0.333 e. The molecule has 0 amide bonds. The van der Waals surface area contributed by atoms with E-state index < -0.39 is 17.1 Å². The first-order valence-corrected chi connectivity index (χ1v) is 8.21. The quantitative estimate of drug-likeness (QED) is 0.564. The van der Waals surface area contributed by atoms with E-state index in [9.17, 15) is 14.7 Å². The third kappa shape index (κ3) is 2.38. The fourth-order valence-corrected chi connectivity index (χ4v) is 3.30. The Morgan fingerprint density at radius 2 is 1.73 bits per heavy atom. The highest BCUT2D eigenvalue weighted by Crippen LogP contribution is 2.38. The van der Waals surface area contributed by atoms with Crippen molar-refractivity contribution in [3.8, 4) is 17.0 Å². The molecule has 0 aliphatic heterocycles. The summed E-state index contributed by atoms with van der Waals surface area (Å²) in [6, 6.07) is 14.1. The number of rotatable bonds is 2. The van der Waals surface area contributed by atoms with E-state index in [1.54, 1.807) is 0 Å². The zero-order valence-electron chi connectivity index (χ0n) is 14.4. The second kappa shape index (κ2) is 5.84. The summed E-state index contributed by atoms with van der Waals surface area (Å²) in [6.45, 7) is 0. The highest BCUT2D eigenvalue weighted by molar-refractivity contribution is 5.85. The molecule has 3 aromatic rings. The van der Waals surface area contributed by atoms with Gasteiger partial charge in [0.25, 0.3) is 5.56 Å². The molecule has 1 aliphatic rings. The van der Waals surface area contributed by atoms with Crippen molar-refractivity contribution in [3.63, 3.8) is 0 Å². The fraction of sp³-hybridized carbons (Fsp3) is 0.150. The summed E-state index contributed by atoms with van der Waals surface area (Å²) in [5.41, 5.74) is 4.35. The molecular weight excluding hydrogens is 330 g/mol. The second-order valence-corrected chi connectivity index (χ2v) is 6.38. The summed E-state index contributed by atoms with van der Waals surface area (Å²) >= 11 is 0. The summed E-state index contributed by atoms with van der Waals surface area (Å²) in [4.78, 5) is 28.4. The molecule has 0 saturated heterocycles. The Labute approximate surface area is 149 Å². The largest absolute Gasteiger partial charge is 0.494 e. The first kappa shape index (κ1) is 16.1. The van der Waals surface area contributed by atoms with Crippen LogP contribution in [0.1, 0.15) is 16.7 Å². The molecule has 0 saturated carbocycles. The molecule has 0 bridgehead atoms. The fourth-order valence-electron chi connectivity index (χ4n) is 3.30. The predicted molar refractivity (Wildman–Crippen MR) is 101 cm³/mol. The molecule has 26 heavy (non-hydrogen) atoms. The van der Waals surface area contributed by atoms with Gasteiger partial charge in [-0.15, -0.1) is 0 Å². The van der Waals surface area contributed by atoms with Crippen LogP contribution in [0.25, 0.3) is 11.1 Å². The van der Waals surface area contributed by atoms with Crippen molar-refractivity contribution in [2.75, 3.05) is 0 Å². The lowest BCUT2D eigenvalue weighted by Crippen LogP contribution is -2.38. The van der Waals surface area contributed by atoms with E-state index in [2.05, 4.69) is 17.1 Å². The lowest BCUT2D eigenvalue weighted by atomic mass is 10.1. The SMILES string of the molecule is Cn1c(O)c(C=Nc2ccc3c(c2)-c2ccccc2C3)c(=O)n(C)c1=O. The minimum Gasteiger partial charge on any atom is -0.494 e. The molecule has 4 rings (SSSR count). The maximum absolute atomic E-state index is 12.2. The van der Waals surface area contributed by atoms with Crippen LogP contribution in [0.15, 0.2) is 57.0 Å². The van der Waals surface area contributed by atoms with E-state index in [1.807, 2.05) is 30.3 Å². The molecule has 2 aromatic carbocycles. The lowest BCUT2D eigenvalue weighted by molar-refractivity contribution is 0.410. The number of hydrogen-bond donors (Lipinski definition) is 1. The summed E-state index contributed by atoms with van der Waals surface area (Å²) in [5.74, 6) is -0.395. The van der Waals surface area contributed by atoms with Gasteiger partial charge in [0.05, 0.1) is 5.69 Å². The first-order valence-electron chi connectivity index (χ1n) is 8.21. The third-order valence-corrected chi connectivity index (χ3v) is 4.79. The molecule has 1 N–H and O–H groups in total. The molecule has 0 spiro atoms. The molecule has 0 radical (unpaired) electrons. The Balaban J connectivity index is 1.77. The minimum atomic E-state index is -0.584. The molecule has 0 atom stereocenters. The van der Waals surface area contributed by atoms with Crippen molar-refractivity contribution >= 4 is 11.9 Å². The Kier molecular flexibility index (Phi) is 3.61. The van der Waals surface area contributed by atoms with Crippen molar-refractivity contribution in [2.45, 2.75) is 6.42 Å². The van der Waals surface area contributed by atoms with Crippen LogP contribution in [0.5, 0.6) is 5.88 Å². The number of nitrogens with zero attached hydrogens (tertiary/aromatic N) is 3. The number of aliphatic imine (C=N–C) groups is 1. The van der Waals surface area contributed by atoms with E-state index in [-0.39, 0.29) is 5.56 Å². The monoisotopic (exact) mass is 347 g/mol. The van der Waals surface area contributed by atoms with Crippen LogP contribution in [-0.4, -0.2) is 20.5 Å². The van der Waals surface area contributed by atoms with Gasteiger partial charge in [-0.25, -0.2) is 4.79 Å². The molecular formula is C20H17N3O3. The van der Waals surface area contributed by atoms with Gasteiger partial charge in [0, 0.05) is 20.3 Å². The van der Waals surface area contributed by atoms with Gasteiger partial charge >= 0.3 is 5.69 Å². The van der Waals surface area contributed by atoms with Crippen LogP contribution < -0.4 is 11.2 Å². The second-order valence-electron chi connectivity index (χ2n) is 6.38. The van der Waals surface area contributed by atoms with E-state index in [4.69, 9.17) is 0 Å². The Morgan fingerprint density at radius 3 is 2.54 bits per heavy atom. The third-order valence-electron chi connectivity index (χ3n) is 4.79. The van der Waals surface area contributed by atoms with Crippen LogP contribution in [0, 0.1) is 0 Å². The summed E-state index contributed by atoms with van der Waals surface area (Å²) in [6.07, 6.45) is 2.21. The Bertz CT molecular complexity index is 1190. The lowest BCUT2D eigenvalue weighted by Gasteiger charge is -2.07. The molecule has 0 unspecified atom stereocenters. The zero-order chi connectivity index (χ0) is 18.4. The highest BCUT2D eigenvalue weighted by atomic mass is 16.3. The normalized spacial score (nSPS) is 12.4. The van der Waals surface area contributed by atoms with Gasteiger partial charge in [0.1, 0.15) is 5.56 Å². The van der Waals surface area contributed by atoms with Gasteiger partial charge in [-0.05, 0) is 40.8 Å². The van der Waals surface area contributed by atoms with Crippen LogP contribution in [-0.2, 0) is 20.5 Å². The molecule has 1 aromatic heterocycles. The molecule has 0 fully saturated rings. The Hall–Kier alpha value is -3.41. The molecule has 6 nitrogen and oxygen atoms in total. The molecule has 1 heterocycles. The van der Waals surface area contributed by atoms with E-state index >= 15 is 0 Å². The number of benzene rings is 2. The standard InChI is InChI=1S/C20H17N3O3/c1-22-18(24)17(19(25)23(2)20(22)26)11-21-14-8-7-13-9-12-5-3-4-6-15(12)16(13)10-14/h3-8,10-11,24H,9H2,1-2H3. The van der Waals surface area contributed by atoms with Crippen LogP contribution in [0.2, 0.25) is 0 Å². The summed E-state index contributed by atoms with van der Waals surface area (Å²) in [7, 11) is 2.77. The van der Waals surface area contributed by atoms with Crippen molar-refractivity contribution in [1.29, 1.82) is 0 Å². The van der Waals surface area contributed by atoms with E-state index in [1.165, 1.54) is 37.0 Å². The number of fused-ring (bicyclic) bond motifs is 3. The highest BCUT2D eigenvalue weighted by Gasteiger charge is 2.18.